The maximum Gasteiger partial charge on any atom is 0.251 e. The molecule has 2 aromatic rings. The Morgan fingerprint density at radius 1 is 1.12 bits per heavy atom. The van der Waals surface area contributed by atoms with E-state index in [4.69, 9.17) is 10.5 Å². The van der Waals surface area contributed by atoms with Crippen molar-refractivity contribution in [2.24, 2.45) is 5.73 Å². The van der Waals surface area contributed by atoms with Crippen molar-refractivity contribution >= 4 is 17.6 Å². The summed E-state index contributed by atoms with van der Waals surface area (Å²) in [6.45, 7) is 4.02. The highest BCUT2D eigenvalue weighted by molar-refractivity contribution is 6.03. The van der Waals surface area contributed by atoms with Crippen molar-refractivity contribution in [1.29, 1.82) is 0 Å². The number of ether oxygens (including phenoxy) is 1. The van der Waals surface area contributed by atoms with Crippen LogP contribution in [0.25, 0.3) is 0 Å². The summed E-state index contributed by atoms with van der Waals surface area (Å²) in [6.07, 6.45) is 0.275. The molecule has 0 bridgehead atoms. The molecule has 0 saturated carbocycles. The molecule has 3 rings (SSSR count). The number of amides is 2. The van der Waals surface area contributed by atoms with Crippen LogP contribution in [0.1, 0.15) is 56.9 Å². The molecule has 6 heteroatoms. The fourth-order valence-electron chi connectivity index (χ4n) is 2.87. The minimum absolute atomic E-state index is 0.0343. The van der Waals surface area contributed by atoms with E-state index < -0.39 is 11.5 Å². The molecule has 1 aliphatic rings. The highest BCUT2D eigenvalue weighted by atomic mass is 16.5. The van der Waals surface area contributed by atoms with Gasteiger partial charge >= 0.3 is 0 Å². The van der Waals surface area contributed by atoms with E-state index in [1.165, 1.54) is 0 Å². The number of primary amides is 1. The number of nitrogens with two attached hydrogens (primary N) is 1. The van der Waals surface area contributed by atoms with Gasteiger partial charge in [0.1, 0.15) is 11.4 Å². The maximum atomic E-state index is 12.4. The van der Waals surface area contributed by atoms with E-state index in [9.17, 15) is 14.4 Å². The second-order valence-electron chi connectivity index (χ2n) is 6.92. The first kappa shape index (κ1) is 17.7. The van der Waals surface area contributed by atoms with Crippen LogP contribution in [0.5, 0.6) is 5.75 Å². The minimum atomic E-state index is -0.537. The van der Waals surface area contributed by atoms with Crippen molar-refractivity contribution in [1.82, 2.24) is 5.32 Å². The van der Waals surface area contributed by atoms with E-state index in [2.05, 4.69) is 5.32 Å². The Balaban J connectivity index is 1.70. The van der Waals surface area contributed by atoms with Crippen LogP contribution in [0.2, 0.25) is 0 Å². The summed E-state index contributed by atoms with van der Waals surface area (Å²) in [5, 5.41) is 2.79. The molecule has 134 valence electrons. The van der Waals surface area contributed by atoms with Gasteiger partial charge in [-0.15, -0.1) is 0 Å². The molecule has 0 spiro atoms. The Morgan fingerprint density at radius 3 is 2.42 bits per heavy atom. The largest absolute Gasteiger partial charge is 0.487 e. The number of hydrogen-bond acceptors (Lipinski definition) is 4. The molecule has 1 heterocycles. The van der Waals surface area contributed by atoms with E-state index in [0.29, 0.717) is 29.0 Å². The van der Waals surface area contributed by atoms with Gasteiger partial charge < -0.3 is 15.8 Å². The number of fused-ring (bicyclic) bond motifs is 1. The maximum absolute atomic E-state index is 12.4. The van der Waals surface area contributed by atoms with Gasteiger partial charge in [0, 0.05) is 17.7 Å². The number of rotatable bonds is 4. The van der Waals surface area contributed by atoms with Crippen LogP contribution < -0.4 is 15.8 Å². The molecule has 2 aromatic carbocycles. The first-order valence-corrected chi connectivity index (χ1v) is 8.28. The molecule has 2 amide bonds. The van der Waals surface area contributed by atoms with Gasteiger partial charge in [-0.05, 0) is 49.7 Å². The highest BCUT2D eigenvalue weighted by Crippen LogP contribution is 2.33. The molecule has 6 nitrogen and oxygen atoms in total. The van der Waals surface area contributed by atoms with Gasteiger partial charge in [-0.25, -0.2) is 0 Å². The van der Waals surface area contributed by atoms with Crippen molar-refractivity contribution in [2.75, 3.05) is 0 Å². The number of carbonyl (C=O) groups is 3. The molecule has 26 heavy (non-hydrogen) atoms. The summed E-state index contributed by atoms with van der Waals surface area (Å²) in [6, 6.07) is 11.5. The Bertz CT molecular complexity index is 885. The monoisotopic (exact) mass is 352 g/mol. The van der Waals surface area contributed by atoms with Crippen LogP contribution in [-0.2, 0) is 6.54 Å². The third-order valence-corrected chi connectivity index (χ3v) is 4.21. The zero-order valence-electron chi connectivity index (χ0n) is 14.7. The molecule has 0 saturated heterocycles. The lowest BCUT2D eigenvalue weighted by atomic mass is 9.92. The Hall–Kier alpha value is -3.15. The summed E-state index contributed by atoms with van der Waals surface area (Å²) >= 11 is 0. The smallest absolute Gasteiger partial charge is 0.251 e. The number of ketones is 1. The summed E-state index contributed by atoms with van der Waals surface area (Å²) in [5.41, 5.74) is 6.74. The summed E-state index contributed by atoms with van der Waals surface area (Å²) in [5.74, 6) is -0.313. The van der Waals surface area contributed by atoms with Crippen molar-refractivity contribution < 1.29 is 19.1 Å². The second kappa shape index (κ2) is 6.63. The minimum Gasteiger partial charge on any atom is -0.487 e. The van der Waals surface area contributed by atoms with Gasteiger partial charge in [0.2, 0.25) is 5.91 Å². The standard InChI is InChI=1S/C20H20N2O4/c1-20(2)10-16(23)15-9-14(7-8-17(15)26-20)19(25)22-11-12-3-5-13(6-4-12)18(21)24/h3-9H,10-11H2,1-2H3,(H2,21,24)(H,22,25). The third kappa shape index (κ3) is 3.74. The molecule has 0 aliphatic carbocycles. The van der Waals surface area contributed by atoms with E-state index in [0.717, 1.165) is 5.56 Å². The molecule has 0 aromatic heterocycles. The van der Waals surface area contributed by atoms with E-state index >= 15 is 0 Å². The fraction of sp³-hybridized carbons (Fsp3) is 0.250. The van der Waals surface area contributed by atoms with Crippen LogP contribution in [0.15, 0.2) is 42.5 Å². The van der Waals surface area contributed by atoms with Crippen LogP contribution in [0.3, 0.4) is 0 Å². The lowest BCUT2D eigenvalue weighted by Gasteiger charge is -2.31. The van der Waals surface area contributed by atoms with E-state index in [1.807, 2.05) is 13.8 Å². The summed E-state index contributed by atoms with van der Waals surface area (Å²) in [7, 11) is 0. The second-order valence-corrected chi connectivity index (χ2v) is 6.92. The molecule has 0 radical (unpaired) electrons. The number of nitrogens with one attached hydrogen (secondary N) is 1. The van der Waals surface area contributed by atoms with Crippen LogP contribution in [0.4, 0.5) is 0 Å². The lowest BCUT2D eigenvalue weighted by Crippen LogP contribution is -2.36. The summed E-state index contributed by atoms with van der Waals surface area (Å²) < 4.78 is 5.79. The highest BCUT2D eigenvalue weighted by Gasteiger charge is 2.32. The predicted molar refractivity (Wildman–Crippen MR) is 96.2 cm³/mol. The molecule has 1 aliphatic heterocycles. The summed E-state index contributed by atoms with van der Waals surface area (Å²) in [4.78, 5) is 35.7. The topological polar surface area (TPSA) is 98.5 Å². The normalized spacial score (nSPS) is 14.9. The Kier molecular flexibility index (Phi) is 4.50. The molecule has 0 fully saturated rings. The van der Waals surface area contributed by atoms with Crippen LogP contribution in [-0.4, -0.2) is 23.2 Å². The number of carbonyl (C=O) groups excluding carboxylic acids is 3. The van der Waals surface area contributed by atoms with Gasteiger partial charge in [0.15, 0.2) is 5.78 Å². The van der Waals surface area contributed by atoms with Crippen LogP contribution in [0, 0.1) is 0 Å². The Labute approximate surface area is 151 Å². The average Bonchev–Trinajstić information content (AvgIpc) is 2.58. The molecule has 3 N–H and O–H groups in total. The zero-order valence-corrected chi connectivity index (χ0v) is 14.7. The fourth-order valence-corrected chi connectivity index (χ4v) is 2.87. The molecule has 0 unspecified atom stereocenters. The van der Waals surface area contributed by atoms with Gasteiger partial charge in [-0.3, -0.25) is 14.4 Å². The van der Waals surface area contributed by atoms with Gasteiger partial charge in [-0.1, -0.05) is 12.1 Å². The SMILES string of the molecule is CC1(C)CC(=O)c2cc(C(=O)NCc3ccc(C(N)=O)cc3)ccc2O1. The zero-order chi connectivity index (χ0) is 18.9. The third-order valence-electron chi connectivity index (χ3n) is 4.21. The molecular weight excluding hydrogens is 332 g/mol. The van der Waals surface area contributed by atoms with Crippen molar-refractivity contribution in [3.63, 3.8) is 0 Å². The van der Waals surface area contributed by atoms with Crippen molar-refractivity contribution in [2.45, 2.75) is 32.4 Å². The number of hydrogen-bond donors (Lipinski definition) is 2. The lowest BCUT2D eigenvalue weighted by molar-refractivity contribution is 0.0620. The predicted octanol–water partition coefficient (Wildman–Crippen LogP) is 2.46. The first-order valence-electron chi connectivity index (χ1n) is 8.28. The van der Waals surface area contributed by atoms with Crippen LogP contribution >= 0.6 is 0 Å². The average molecular weight is 352 g/mol. The molecular formula is C20H20N2O4. The van der Waals surface area contributed by atoms with Gasteiger partial charge in [0.05, 0.1) is 12.0 Å². The van der Waals surface area contributed by atoms with Crippen molar-refractivity contribution in [3.05, 3.63) is 64.7 Å². The van der Waals surface area contributed by atoms with Gasteiger partial charge in [-0.2, -0.15) is 0 Å². The quantitative estimate of drug-likeness (QED) is 0.883. The van der Waals surface area contributed by atoms with E-state index in [-0.39, 0.29) is 18.1 Å². The first-order chi connectivity index (χ1) is 12.2. The Morgan fingerprint density at radius 2 is 1.77 bits per heavy atom. The molecule has 0 atom stereocenters. The van der Waals surface area contributed by atoms with Gasteiger partial charge in [0.25, 0.3) is 5.91 Å². The van der Waals surface area contributed by atoms with Crippen molar-refractivity contribution in [3.8, 4) is 5.75 Å². The number of Topliss-reactive ketones (excluding diaryl/α,β-unsaturated/α-hetero) is 1. The number of benzene rings is 2. The van der Waals surface area contributed by atoms with E-state index in [1.54, 1.807) is 42.5 Å².